The first-order valence-corrected chi connectivity index (χ1v) is 6.95. The van der Waals surface area contributed by atoms with Crippen molar-refractivity contribution in [3.63, 3.8) is 0 Å². The van der Waals surface area contributed by atoms with E-state index < -0.39 is 0 Å². The van der Waals surface area contributed by atoms with E-state index in [4.69, 9.17) is 0 Å². The molecule has 2 atom stereocenters. The molecule has 1 saturated carbocycles. The number of hydrogen-bond acceptors (Lipinski definition) is 2. The topological polar surface area (TPSA) is 20.3 Å². The Hall–Kier alpha value is -0.370. The summed E-state index contributed by atoms with van der Waals surface area (Å²) in [5, 5.41) is 0. The molecule has 1 aliphatic carbocycles. The highest BCUT2D eigenvalue weighted by Crippen LogP contribution is 2.29. The molecule has 94 valence electrons. The summed E-state index contributed by atoms with van der Waals surface area (Å²) in [7, 11) is 0. The average molecular weight is 225 g/mol. The second-order valence-electron chi connectivity index (χ2n) is 5.10. The van der Waals surface area contributed by atoms with E-state index in [0.29, 0.717) is 17.7 Å². The molecule has 1 fully saturated rings. The lowest BCUT2D eigenvalue weighted by Gasteiger charge is -2.39. The number of carbonyl (C=O) groups is 1. The number of hydrogen-bond donors (Lipinski definition) is 0. The Morgan fingerprint density at radius 1 is 1.12 bits per heavy atom. The second-order valence-corrected chi connectivity index (χ2v) is 5.10. The number of nitrogens with zero attached hydrogens (tertiary/aromatic N) is 1. The molecule has 2 heteroatoms. The molecule has 0 heterocycles. The van der Waals surface area contributed by atoms with Crippen molar-refractivity contribution < 1.29 is 4.79 Å². The van der Waals surface area contributed by atoms with Gasteiger partial charge in [0.25, 0.3) is 0 Å². The van der Waals surface area contributed by atoms with Gasteiger partial charge >= 0.3 is 0 Å². The Labute approximate surface area is 100 Å². The fraction of sp³-hybridized carbons (Fsp3) is 0.929. The maximum atomic E-state index is 11.7. The van der Waals surface area contributed by atoms with E-state index in [1.807, 2.05) is 0 Å². The van der Waals surface area contributed by atoms with Gasteiger partial charge in [-0.05, 0) is 45.7 Å². The van der Waals surface area contributed by atoms with Gasteiger partial charge in [-0.1, -0.05) is 26.7 Å². The van der Waals surface area contributed by atoms with E-state index in [-0.39, 0.29) is 0 Å². The quantitative estimate of drug-likeness (QED) is 0.691. The smallest absolute Gasteiger partial charge is 0.134 e. The van der Waals surface area contributed by atoms with Crippen molar-refractivity contribution in [3.8, 4) is 0 Å². The minimum atomic E-state index is 0.312. The van der Waals surface area contributed by atoms with Crippen molar-refractivity contribution in [3.05, 3.63) is 0 Å². The molecule has 2 unspecified atom stereocenters. The van der Waals surface area contributed by atoms with E-state index in [0.717, 1.165) is 19.5 Å². The zero-order valence-electron chi connectivity index (χ0n) is 11.2. The van der Waals surface area contributed by atoms with Crippen LogP contribution in [0.2, 0.25) is 0 Å². The van der Waals surface area contributed by atoms with Crippen LogP contribution in [-0.4, -0.2) is 29.8 Å². The van der Waals surface area contributed by atoms with Crippen molar-refractivity contribution in [2.75, 3.05) is 13.1 Å². The van der Waals surface area contributed by atoms with E-state index in [9.17, 15) is 4.79 Å². The van der Waals surface area contributed by atoms with Gasteiger partial charge in [-0.3, -0.25) is 9.69 Å². The molecular weight excluding hydrogens is 198 g/mol. The highest BCUT2D eigenvalue weighted by molar-refractivity contribution is 5.79. The highest BCUT2D eigenvalue weighted by Gasteiger charge is 2.31. The lowest BCUT2D eigenvalue weighted by atomic mass is 9.81. The van der Waals surface area contributed by atoms with Crippen molar-refractivity contribution in [2.24, 2.45) is 5.92 Å². The number of ketones is 1. The third-order valence-electron chi connectivity index (χ3n) is 3.74. The van der Waals surface area contributed by atoms with Crippen LogP contribution in [-0.2, 0) is 4.79 Å². The Morgan fingerprint density at radius 2 is 1.69 bits per heavy atom. The van der Waals surface area contributed by atoms with Gasteiger partial charge in [0, 0.05) is 12.0 Å². The van der Waals surface area contributed by atoms with E-state index in [1.165, 1.54) is 32.1 Å². The van der Waals surface area contributed by atoms with Crippen LogP contribution in [0.1, 0.15) is 59.3 Å². The number of rotatable bonds is 6. The van der Waals surface area contributed by atoms with E-state index in [1.54, 1.807) is 6.92 Å². The van der Waals surface area contributed by atoms with Crippen molar-refractivity contribution in [2.45, 2.75) is 65.3 Å². The van der Waals surface area contributed by atoms with Gasteiger partial charge in [-0.2, -0.15) is 0 Å². The molecule has 0 amide bonds. The van der Waals surface area contributed by atoms with Crippen molar-refractivity contribution in [1.82, 2.24) is 4.90 Å². The molecule has 1 rings (SSSR count). The van der Waals surface area contributed by atoms with Gasteiger partial charge in [0.05, 0.1) is 0 Å². The molecule has 0 radical (unpaired) electrons. The lowest BCUT2D eigenvalue weighted by molar-refractivity contribution is -0.124. The lowest BCUT2D eigenvalue weighted by Crippen LogP contribution is -2.45. The first kappa shape index (κ1) is 13.7. The molecule has 0 spiro atoms. The fourth-order valence-electron chi connectivity index (χ4n) is 3.04. The molecular formula is C14H27NO. The maximum Gasteiger partial charge on any atom is 0.134 e. The molecule has 0 aromatic rings. The van der Waals surface area contributed by atoms with Crippen molar-refractivity contribution in [1.29, 1.82) is 0 Å². The largest absolute Gasteiger partial charge is 0.300 e. The summed E-state index contributed by atoms with van der Waals surface area (Å²) < 4.78 is 0. The van der Waals surface area contributed by atoms with Crippen LogP contribution >= 0.6 is 0 Å². The van der Waals surface area contributed by atoms with E-state index in [2.05, 4.69) is 18.7 Å². The monoisotopic (exact) mass is 225 g/mol. The minimum absolute atomic E-state index is 0.312. The summed E-state index contributed by atoms with van der Waals surface area (Å²) in [6.45, 7) is 8.55. The summed E-state index contributed by atoms with van der Waals surface area (Å²) >= 11 is 0. The Balaban J connectivity index is 2.66. The normalized spacial score (nSPS) is 26.0. The Morgan fingerprint density at radius 3 is 2.19 bits per heavy atom. The summed E-state index contributed by atoms with van der Waals surface area (Å²) in [4.78, 5) is 14.3. The van der Waals surface area contributed by atoms with Crippen LogP contribution in [0.5, 0.6) is 0 Å². The third-order valence-corrected chi connectivity index (χ3v) is 3.74. The van der Waals surface area contributed by atoms with Crippen LogP contribution < -0.4 is 0 Å². The van der Waals surface area contributed by atoms with Gasteiger partial charge in [0.1, 0.15) is 5.78 Å². The SMILES string of the molecule is CCCN(CCC)C1CCCCC1C(C)=O. The molecule has 0 bridgehead atoms. The molecule has 0 aromatic heterocycles. The second kappa shape index (κ2) is 7.05. The standard InChI is InChI=1S/C14H27NO/c1-4-10-15(11-5-2)14-9-7-6-8-13(14)12(3)16/h13-14H,4-11H2,1-3H3. The minimum Gasteiger partial charge on any atom is -0.300 e. The van der Waals surface area contributed by atoms with Crippen LogP contribution in [0.15, 0.2) is 0 Å². The van der Waals surface area contributed by atoms with Crippen LogP contribution in [0.4, 0.5) is 0 Å². The summed E-state index contributed by atoms with van der Waals surface area (Å²) in [6.07, 6.45) is 7.28. The summed E-state index contributed by atoms with van der Waals surface area (Å²) in [6, 6.07) is 0.533. The molecule has 0 aliphatic heterocycles. The molecule has 16 heavy (non-hydrogen) atoms. The average Bonchev–Trinajstić information content (AvgIpc) is 2.29. The van der Waals surface area contributed by atoms with Gasteiger partial charge in [0.2, 0.25) is 0 Å². The zero-order valence-corrected chi connectivity index (χ0v) is 11.2. The van der Waals surface area contributed by atoms with Gasteiger partial charge < -0.3 is 0 Å². The third kappa shape index (κ3) is 3.58. The first-order chi connectivity index (χ1) is 7.70. The molecule has 1 aliphatic rings. The molecule has 0 aromatic carbocycles. The van der Waals surface area contributed by atoms with Gasteiger partial charge in [-0.15, -0.1) is 0 Å². The van der Waals surface area contributed by atoms with Crippen LogP contribution in [0, 0.1) is 5.92 Å². The van der Waals surface area contributed by atoms with Crippen LogP contribution in [0.25, 0.3) is 0 Å². The summed E-state index contributed by atoms with van der Waals surface area (Å²) in [5.41, 5.74) is 0. The van der Waals surface area contributed by atoms with Gasteiger partial charge in [-0.25, -0.2) is 0 Å². The van der Waals surface area contributed by atoms with Crippen molar-refractivity contribution >= 4 is 5.78 Å². The molecule has 0 saturated heterocycles. The van der Waals surface area contributed by atoms with E-state index >= 15 is 0 Å². The maximum absolute atomic E-state index is 11.7. The molecule has 2 nitrogen and oxygen atoms in total. The molecule has 0 N–H and O–H groups in total. The first-order valence-electron chi connectivity index (χ1n) is 6.95. The number of Topliss-reactive ketones (excluding diaryl/α,β-unsaturated/α-hetero) is 1. The summed E-state index contributed by atoms with van der Waals surface area (Å²) in [5.74, 6) is 0.716. The van der Waals surface area contributed by atoms with Gasteiger partial charge in [0.15, 0.2) is 0 Å². The Kier molecular flexibility index (Phi) is 6.04. The number of carbonyl (C=O) groups excluding carboxylic acids is 1. The van der Waals surface area contributed by atoms with Crippen LogP contribution in [0.3, 0.4) is 0 Å². The zero-order chi connectivity index (χ0) is 12.0. The Bertz CT molecular complexity index is 209. The highest BCUT2D eigenvalue weighted by atomic mass is 16.1. The fourth-order valence-corrected chi connectivity index (χ4v) is 3.04. The predicted octanol–water partition coefficient (Wildman–Crippen LogP) is 3.26. The predicted molar refractivity (Wildman–Crippen MR) is 68.6 cm³/mol.